The van der Waals surface area contributed by atoms with Crippen molar-refractivity contribution in [3.8, 4) is 0 Å². The van der Waals surface area contributed by atoms with Gasteiger partial charge in [-0.3, -0.25) is 4.79 Å². The van der Waals surface area contributed by atoms with Crippen LogP contribution in [-0.4, -0.2) is 11.3 Å². The number of carbonyl (C=O) groups excluding carboxylic acids is 1. The number of nitrogens with zero attached hydrogens (tertiary/aromatic N) is 1. The number of pyridine rings is 1. The number of aromatic nitrogens is 1. The molecule has 1 heterocycles. The molecule has 0 spiro atoms. The van der Waals surface area contributed by atoms with Gasteiger partial charge in [0.25, 0.3) is 0 Å². The molecule has 0 saturated heterocycles. The Morgan fingerprint density at radius 3 is 2.67 bits per heavy atom. The van der Waals surface area contributed by atoms with Gasteiger partial charge < -0.3 is 0 Å². The minimum atomic E-state index is 0.493. The van der Waals surface area contributed by atoms with Gasteiger partial charge in [0, 0.05) is 16.5 Å². The van der Waals surface area contributed by atoms with Crippen LogP contribution in [-0.2, 0) is 5.75 Å². The summed E-state index contributed by atoms with van der Waals surface area (Å²) in [7, 11) is 0. The van der Waals surface area contributed by atoms with Gasteiger partial charge in [-0.15, -0.1) is 0 Å². The lowest BCUT2D eigenvalue weighted by Crippen LogP contribution is -1.92. The molecular weight excluding hydrogens is 242 g/mol. The predicted molar refractivity (Wildman–Crippen MR) is 77.3 cm³/mol. The van der Waals surface area contributed by atoms with Crippen LogP contribution in [0.3, 0.4) is 0 Å². The lowest BCUT2D eigenvalue weighted by atomic mass is 10.0. The van der Waals surface area contributed by atoms with E-state index in [4.69, 9.17) is 0 Å². The summed E-state index contributed by atoms with van der Waals surface area (Å²) in [6, 6.07) is 13.9. The van der Waals surface area contributed by atoms with Crippen LogP contribution in [0.25, 0.3) is 21.7 Å². The van der Waals surface area contributed by atoms with Crippen molar-refractivity contribution in [1.29, 1.82) is 0 Å². The molecule has 2 aromatic carbocycles. The van der Waals surface area contributed by atoms with Crippen LogP contribution in [0, 0.1) is 0 Å². The van der Waals surface area contributed by atoms with Crippen molar-refractivity contribution in [3.05, 3.63) is 53.7 Å². The quantitative estimate of drug-likeness (QED) is 0.429. The monoisotopic (exact) mass is 253 g/mol. The Morgan fingerprint density at radius 2 is 1.89 bits per heavy atom. The van der Waals surface area contributed by atoms with Gasteiger partial charge in [0.2, 0.25) is 0 Å². The number of benzene rings is 2. The normalized spacial score (nSPS) is 10.9. The maximum Gasteiger partial charge on any atom is 0.169 e. The summed E-state index contributed by atoms with van der Waals surface area (Å²) in [4.78, 5) is 15.6. The van der Waals surface area contributed by atoms with E-state index in [0.29, 0.717) is 11.4 Å². The highest BCUT2D eigenvalue weighted by Crippen LogP contribution is 2.27. The molecule has 0 N–H and O–H groups in total. The molecule has 88 valence electrons. The van der Waals surface area contributed by atoms with Crippen molar-refractivity contribution < 1.29 is 4.79 Å². The molecule has 0 bridgehead atoms. The maximum absolute atomic E-state index is 11.2. The van der Waals surface area contributed by atoms with Crippen LogP contribution in [0.2, 0.25) is 0 Å². The highest BCUT2D eigenvalue weighted by molar-refractivity contribution is 7.79. The van der Waals surface area contributed by atoms with Crippen LogP contribution in [0.5, 0.6) is 0 Å². The van der Waals surface area contributed by atoms with Gasteiger partial charge in [0.15, 0.2) is 6.29 Å². The predicted octanol–water partition coefficient (Wildman–Crippen LogP) is 3.63. The largest absolute Gasteiger partial charge is 0.296 e. The van der Waals surface area contributed by atoms with Gasteiger partial charge in [0.1, 0.15) is 5.69 Å². The summed E-state index contributed by atoms with van der Waals surface area (Å²) < 4.78 is 0. The van der Waals surface area contributed by atoms with E-state index in [-0.39, 0.29) is 0 Å². The Hall–Kier alpha value is -1.87. The highest BCUT2D eigenvalue weighted by Gasteiger charge is 2.07. The molecule has 0 aliphatic rings. The SMILES string of the molecule is O=Cc1nc2ccccc2c2ccc(CS)cc12. The number of rotatable bonds is 2. The van der Waals surface area contributed by atoms with E-state index >= 15 is 0 Å². The molecule has 0 aliphatic heterocycles. The molecule has 3 heteroatoms. The Labute approximate surface area is 110 Å². The van der Waals surface area contributed by atoms with Crippen molar-refractivity contribution in [2.24, 2.45) is 0 Å². The zero-order valence-electron chi connectivity index (χ0n) is 9.63. The van der Waals surface area contributed by atoms with Crippen LogP contribution in [0.15, 0.2) is 42.5 Å². The van der Waals surface area contributed by atoms with E-state index in [1.54, 1.807) is 0 Å². The molecule has 2 nitrogen and oxygen atoms in total. The Balaban J connectivity index is 2.51. The second-order valence-electron chi connectivity index (χ2n) is 4.17. The average Bonchev–Trinajstić information content (AvgIpc) is 2.45. The van der Waals surface area contributed by atoms with E-state index in [1.807, 2.05) is 42.5 Å². The molecule has 0 aliphatic carbocycles. The zero-order valence-corrected chi connectivity index (χ0v) is 10.5. The van der Waals surface area contributed by atoms with E-state index in [1.165, 1.54) is 0 Å². The number of fused-ring (bicyclic) bond motifs is 3. The van der Waals surface area contributed by atoms with Crippen LogP contribution in [0.4, 0.5) is 0 Å². The molecule has 0 unspecified atom stereocenters. The van der Waals surface area contributed by atoms with Crippen molar-refractivity contribution >= 4 is 40.6 Å². The molecule has 1 aromatic heterocycles. The number of para-hydroxylation sites is 1. The Morgan fingerprint density at radius 1 is 1.06 bits per heavy atom. The number of carbonyl (C=O) groups is 1. The zero-order chi connectivity index (χ0) is 12.5. The van der Waals surface area contributed by atoms with Gasteiger partial charge in [0.05, 0.1) is 5.52 Å². The van der Waals surface area contributed by atoms with Crippen LogP contribution >= 0.6 is 12.6 Å². The third-order valence-electron chi connectivity index (χ3n) is 3.09. The standard InChI is InChI=1S/C15H11NOS/c17-8-15-13-7-10(9-18)5-6-11(13)12-3-1-2-4-14(12)16-15/h1-8,18H,9H2. The first kappa shape index (κ1) is 11.2. The first-order valence-corrected chi connectivity index (χ1v) is 6.34. The van der Waals surface area contributed by atoms with E-state index in [9.17, 15) is 4.79 Å². The lowest BCUT2D eigenvalue weighted by molar-refractivity contribution is 0.112. The van der Waals surface area contributed by atoms with E-state index in [2.05, 4.69) is 17.6 Å². The summed E-state index contributed by atoms with van der Waals surface area (Å²) in [5.41, 5.74) is 2.43. The number of hydrogen-bond acceptors (Lipinski definition) is 3. The topological polar surface area (TPSA) is 30.0 Å². The van der Waals surface area contributed by atoms with E-state index in [0.717, 1.165) is 33.5 Å². The summed E-state index contributed by atoms with van der Waals surface area (Å²) in [6.07, 6.45) is 0.817. The molecule has 0 fully saturated rings. The van der Waals surface area contributed by atoms with Crippen LogP contribution in [0.1, 0.15) is 16.1 Å². The summed E-state index contributed by atoms with van der Waals surface area (Å²) in [5, 5.41) is 3.03. The molecule has 0 radical (unpaired) electrons. The lowest BCUT2D eigenvalue weighted by Gasteiger charge is -2.07. The summed E-state index contributed by atoms with van der Waals surface area (Å²) >= 11 is 4.26. The molecular formula is C15H11NOS. The van der Waals surface area contributed by atoms with Gasteiger partial charge in [-0.2, -0.15) is 12.6 Å². The Bertz CT molecular complexity index is 752. The molecule has 18 heavy (non-hydrogen) atoms. The smallest absolute Gasteiger partial charge is 0.169 e. The van der Waals surface area contributed by atoms with Gasteiger partial charge in [-0.05, 0) is 23.1 Å². The van der Waals surface area contributed by atoms with Gasteiger partial charge >= 0.3 is 0 Å². The summed E-state index contributed by atoms with van der Waals surface area (Å²) in [5.74, 6) is 0.654. The second-order valence-corrected chi connectivity index (χ2v) is 4.49. The van der Waals surface area contributed by atoms with Gasteiger partial charge in [-0.1, -0.05) is 30.3 Å². The molecule has 3 aromatic rings. The fourth-order valence-corrected chi connectivity index (χ4v) is 2.41. The minimum absolute atomic E-state index is 0.493. The van der Waals surface area contributed by atoms with Crippen molar-refractivity contribution in [2.75, 3.05) is 0 Å². The fourth-order valence-electron chi connectivity index (χ4n) is 2.22. The number of aldehydes is 1. The molecule has 0 amide bonds. The maximum atomic E-state index is 11.2. The molecule has 0 saturated carbocycles. The van der Waals surface area contributed by atoms with Crippen molar-refractivity contribution in [3.63, 3.8) is 0 Å². The van der Waals surface area contributed by atoms with Crippen molar-refractivity contribution in [1.82, 2.24) is 4.98 Å². The molecule has 0 atom stereocenters. The van der Waals surface area contributed by atoms with Crippen molar-refractivity contribution in [2.45, 2.75) is 5.75 Å². The number of thiol groups is 1. The third kappa shape index (κ3) is 1.68. The fraction of sp³-hybridized carbons (Fsp3) is 0.0667. The first-order chi connectivity index (χ1) is 8.83. The third-order valence-corrected chi connectivity index (χ3v) is 3.45. The first-order valence-electron chi connectivity index (χ1n) is 5.71. The van der Waals surface area contributed by atoms with Crippen LogP contribution < -0.4 is 0 Å². The second kappa shape index (κ2) is 4.42. The average molecular weight is 253 g/mol. The minimum Gasteiger partial charge on any atom is -0.296 e. The van der Waals surface area contributed by atoms with E-state index < -0.39 is 0 Å². The van der Waals surface area contributed by atoms with Gasteiger partial charge in [-0.25, -0.2) is 4.98 Å². The molecule has 3 rings (SSSR count). The number of hydrogen-bond donors (Lipinski definition) is 1. The summed E-state index contributed by atoms with van der Waals surface area (Å²) in [6.45, 7) is 0. The Kier molecular flexibility index (Phi) is 2.76. The highest BCUT2D eigenvalue weighted by atomic mass is 32.1.